The van der Waals surface area contributed by atoms with E-state index in [2.05, 4.69) is 20.0 Å². The molecule has 2 aromatic rings. The van der Waals surface area contributed by atoms with E-state index >= 15 is 0 Å². The number of morpholine rings is 1. The number of piperidine rings is 1. The molecule has 0 spiro atoms. The van der Waals surface area contributed by atoms with Gasteiger partial charge in [0, 0.05) is 39.1 Å². The summed E-state index contributed by atoms with van der Waals surface area (Å²) in [5.74, 6) is 2.83. The van der Waals surface area contributed by atoms with Crippen molar-refractivity contribution in [1.82, 2.24) is 15.1 Å². The molecule has 0 bridgehead atoms. The van der Waals surface area contributed by atoms with E-state index in [0.717, 1.165) is 69.6 Å². The van der Waals surface area contributed by atoms with Crippen LogP contribution in [0.5, 0.6) is 0 Å². The fourth-order valence-electron chi connectivity index (χ4n) is 3.83. The van der Waals surface area contributed by atoms with Crippen molar-refractivity contribution in [3.63, 3.8) is 0 Å². The highest BCUT2D eigenvalue weighted by molar-refractivity contribution is 5.78. The first-order valence-corrected chi connectivity index (χ1v) is 9.89. The van der Waals surface area contributed by atoms with Crippen LogP contribution in [0.15, 0.2) is 34.9 Å². The van der Waals surface area contributed by atoms with Crippen LogP contribution in [-0.2, 0) is 16.1 Å². The average molecular weight is 385 g/mol. The van der Waals surface area contributed by atoms with E-state index in [4.69, 9.17) is 9.15 Å². The molecular weight excluding hydrogens is 358 g/mol. The minimum atomic E-state index is 0.0526. The number of ether oxygens (including phenoxy) is 1. The lowest BCUT2D eigenvalue weighted by Crippen LogP contribution is -2.41. The molecule has 2 fully saturated rings. The van der Waals surface area contributed by atoms with Gasteiger partial charge in [-0.25, -0.2) is 0 Å². The zero-order valence-corrected chi connectivity index (χ0v) is 16.3. The first kappa shape index (κ1) is 18.7. The largest absolute Gasteiger partial charge is 0.467 e. The Morgan fingerprint density at radius 1 is 1.07 bits per heavy atom. The van der Waals surface area contributed by atoms with Crippen LogP contribution < -0.4 is 9.80 Å². The highest BCUT2D eigenvalue weighted by Gasteiger charge is 2.28. The molecule has 28 heavy (non-hydrogen) atoms. The number of nitrogens with zero attached hydrogens (tertiary/aromatic N) is 5. The quantitative estimate of drug-likeness (QED) is 0.777. The first-order valence-electron chi connectivity index (χ1n) is 9.89. The van der Waals surface area contributed by atoms with Crippen molar-refractivity contribution in [2.24, 2.45) is 5.92 Å². The summed E-state index contributed by atoms with van der Waals surface area (Å²) in [7, 11) is 1.84. The molecule has 4 heterocycles. The number of anilines is 2. The molecule has 0 unspecified atom stereocenters. The fourth-order valence-corrected chi connectivity index (χ4v) is 3.83. The second-order valence-corrected chi connectivity index (χ2v) is 7.38. The van der Waals surface area contributed by atoms with Gasteiger partial charge in [0.15, 0.2) is 11.6 Å². The predicted molar refractivity (Wildman–Crippen MR) is 105 cm³/mol. The molecular formula is C20H27N5O3. The lowest BCUT2D eigenvalue weighted by molar-refractivity contribution is -0.135. The SMILES string of the molecule is CN(Cc1ccco1)C(=O)C1CCN(c2ccc(N3CCOCC3)nn2)CC1. The molecule has 2 aliphatic rings. The number of aromatic nitrogens is 2. The van der Waals surface area contributed by atoms with Gasteiger partial charge in [-0.15, -0.1) is 10.2 Å². The van der Waals surface area contributed by atoms with Crippen LogP contribution in [0.3, 0.4) is 0 Å². The molecule has 150 valence electrons. The van der Waals surface area contributed by atoms with Crippen molar-refractivity contribution >= 4 is 17.5 Å². The van der Waals surface area contributed by atoms with E-state index in [1.54, 1.807) is 11.2 Å². The maximum atomic E-state index is 12.7. The minimum Gasteiger partial charge on any atom is -0.467 e. The Labute approximate surface area is 165 Å². The van der Waals surface area contributed by atoms with Gasteiger partial charge in [-0.3, -0.25) is 4.79 Å². The minimum absolute atomic E-state index is 0.0526. The third-order valence-electron chi connectivity index (χ3n) is 5.49. The molecule has 2 saturated heterocycles. The van der Waals surface area contributed by atoms with E-state index in [-0.39, 0.29) is 11.8 Å². The number of rotatable bonds is 5. The van der Waals surface area contributed by atoms with Gasteiger partial charge < -0.3 is 23.9 Å². The zero-order valence-electron chi connectivity index (χ0n) is 16.3. The van der Waals surface area contributed by atoms with Gasteiger partial charge >= 0.3 is 0 Å². The highest BCUT2D eigenvalue weighted by Crippen LogP contribution is 2.24. The van der Waals surface area contributed by atoms with Gasteiger partial charge in [-0.1, -0.05) is 0 Å². The summed E-state index contributed by atoms with van der Waals surface area (Å²) < 4.78 is 10.7. The molecule has 0 atom stereocenters. The van der Waals surface area contributed by atoms with Crippen molar-refractivity contribution in [3.05, 3.63) is 36.3 Å². The second-order valence-electron chi connectivity index (χ2n) is 7.38. The molecule has 8 heteroatoms. The third-order valence-corrected chi connectivity index (χ3v) is 5.49. The normalized spacial score (nSPS) is 18.3. The molecule has 2 aliphatic heterocycles. The van der Waals surface area contributed by atoms with Crippen LogP contribution >= 0.6 is 0 Å². The number of furan rings is 1. The highest BCUT2D eigenvalue weighted by atomic mass is 16.5. The van der Waals surface area contributed by atoms with Crippen molar-refractivity contribution in [2.75, 3.05) is 56.2 Å². The molecule has 0 aliphatic carbocycles. The van der Waals surface area contributed by atoms with Crippen molar-refractivity contribution in [3.8, 4) is 0 Å². The Morgan fingerprint density at radius 2 is 1.71 bits per heavy atom. The summed E-state index contributed by atoms with van der Waals surface area (Å²) in [5, 5.41) is 8.81. The van der Waals surface area contributed by atoms with Gasteiger partial charge in [0.25, 0.3) is 0 Å². The number of carbonyl (C=O) groups excluding carboxylic acids is 1. The molecule has 0 N–H and O–H groups in total. The van der Waals surface area contributed by atoms with Crippen LogP contribution in [0.2, 0.25) is 0 Å². The number of hydrogen-bond donors (Lipinski definition) is 0. The summed E-state index contributed by atoms with van der Waals surface area (Å²) >= 11 is 0. The lowest BCUT2D eigenvalue weighted by Gasteiger charge is -2.33. The monoisotopic (exact) mass is 385 g/mol. The number of hydrogen-bond acceptors (Lipinski definition) is 7. The van der Waals surface area contributed by atoms with Crippen molar-refractivity contribution < 1.29 is 13.9 Å². The molecule has 4 rings (SSSR count). The maximum Gasteiger partial charge on any atom is 0.225 e. The van der Waals surface area contributed by atoms with Gasteiger partial charge in [0.2, 0.25) is 5.91 Å². The topological polar surface area (TPSA) is 74.9 Å². The Hall–Kier alpha value is -2.61. The number of carbonyl (C=O) groups is 1. The van der Waals surface area contributed by atoms with E-state index in [1.807, 2.05) is 31.3 Å². The van der Waals surface area contributed by atoms with Crippen LogP contribution in [0.4, 0.5) is 11.6 Å². The standard InChI is InChI=1S/C20H27N5O3/c1-23(15-17-3-2-12-28-17)20(26)16-6-8-24(9-7-16)18-4-5-19(22-21-18)25-10-13-27-14-11-25/h2-5,12,16H,6-11,13-15H2,1H3. The Kier molecular flexibility index (Phi) is 5.76. The van der Waals surface area contributed by atoms with Crippen LogP contribution in [0, 0.1) is 5.92 Å². The van der Waals surface area contributed by atoms with Crippen LogP contribution in [-0.4, -0.2) is 67.4 Å². The zero-order chi connectivity index (χ0) is 19.3. The lowest BCUT2D eigenvalue weighted by atomic mass is 9.95. The Morgan fingerprint density at radius 3 is 2.29 bits per heavy atom. The Bertz CT molecular complexity index is 751. The summed E-state index contributed by atoms with van der Waals surface area (Å²) in [4.78, 5) is 18.9. The van der Waals surface area contributed by atoms with E-state index in [9.17, 15) is 4.79 Å². The number of amides is 1. The van der Waals surface area contributed by atoms with Crippen LogP contribution in [0.25, 0.3) is 0 Å². The Balaban J connectivity index is 1.29. The maximum absolute atomic E-state index is 12.7. The first-order chi connectivity index (χ1) is 13.7. The van der Waals surface area contributed by atoms with Crippen molar-refractivity contribution in [2.45, 2.75) is 19.4 Å². The summed E-state index contributed by atoms with van der Waals surface area (Å²) in [6.45, 7) is 5.33. The summed E-state index contributed by atoms with van der Waals surface area (Å²) in [6.07, 6.45) is 3.29. The van der Waals surface area contributed by atoms with Gasteiger partial charge in [-0.05, 0) is 37.1 Å². The van der Waals surface area contributed by atoms with E-state index in [0.29, 0.717) is 6.54 Å². The van der Waals surface area contributed by atoms with Gasteiger partial charge in [-0.2, -0.15) is 0 Å². The molecule has 2 aromatic heterocycles. The molecule has 0 saturated carbocycles. The fraction of sp³-hybridized carbons (Fsp3) is 0.550. The van der Waals surface area contributed by atoms with E-state index < -0.39 is 0 Å². The average Bonchev–Trinajstić information content (AvgIpc) is 3.27. The van der Waals surface area contributed by atoms with Crippen LogP contribution in [0.1, 0.15) is 18.6 Å². The predicted octanol–water partition coefficient (Wildman–Crippen LogP) is 1.78. The summed E-state index contributed by atoms with van der Waals surface area (Å²) in [5.41, 5.74) is 0. The third kappa shape index (κ3) is 4.27. The van der Waals surface area contributed by atoms with Gasteiger partial charge in [0.05, 0.1) is 26.0 Å². The molecule has 1 amide bonds. The van der Waals surface area contributed by atoms with Crippen molar-refractivity contribution in [1.29, 1.82) is 0 Å². The second kappa shape index (κ2) is 8.60. The van der Waals surface area contributed by atoms with E-state index in [1.165, 1.54) is 0 Å². The molecule has 8 nitrogen and oxygen atoms in total. The molecule has 0 aromatic carbocycles. The smallest absolute Gasteiger partial charge is 0.225 e. The van der Waals surface area contributed by atoms with Gasteiger partial charge in [0.1, 0.15) is 5.76 Å². The molecule has 0 radical (unpaired) electrons. The summed E-state index contributed by atoms with van der Waals surface area (Å²) in [6, 6.07) is 7.80.